The molecule has 102 valence electrons. The van der Waals surface area contributed by atoms with Gasteiger partial charge in [0.25, 0.3) is 0 Å². The molecule has 1 aromatic carbocycles. The summed E-state index contributed by atoms with van der Waals surface area (Å²) in [5.74, 6) is -0.0799. The Bertz CT molecular complexity index is 438. The summed E-state index contributed by atoms with van der Waals surface area (Å²) in [6.07, 6.45) is 1.26. The highest BCUT2D eigenvalue weighted by molar-refractivity contribution is 5.71. The van der Waals surface area contributed by atoms with Gasteiger partial charge >= 0.3 is 12.1 Å². The first-order valence-corrected chi connectivity index (χ1v) is 6.39. The van der Waals surface area contributed by atoms with Crippen molar-refractivity contribution in [2.45, 2.75) is 19.3 Å². The van der Waals surface area contributed by atoms with E-state index in [1.54, 1.807) is 17.0 Å². The number of nitrogens with zero attached hydrogens (tertiary/aromatic N) is 1. The van der Waals surface area contributed by atoms with Gasteiger partial charge in [-0.05, 0) is 30.9 Å². The molecule has 2 rings (SSSR count). The number of likely N-dealkylation sites (tertiary alicyclic amines) is 1. The number of carbonyl (C=O) groups excluding carboxylic acids is 1. The number of carboxylic acids is 1. The number of aliphatic carboxylic acids is 1. The molecule has 5 heteroatoms. The highest BCUT2D eigenvalue weighted by atomic mass is 16.6. The van der Waals surface area contributed by atoms with E-state index in [-0.39, 0.29) is 18.4 Å². The molecular weight excluding hydrogens is 246 g/mol. The Morgan fingerprint density at radius 1 is 1.21 bits per heavy atom. The minimum Gasteiger partial charge on any atom is -0.481 e. The van der Waals surface area contributed by atoms with Crippen molar-refractivity contribution < 1.29 is 19.4 Å². The summed E-state index contributed by atoms with van der Waals surface area (Å²) in [6, 6.07) is 8.93. The number of amides is 1. The van der Waals surface area contributed by atoms with Gasteiger partial charge in [0.2, 0.25) is 0 Å². The molecule has 0 bridgehead atoms. The van der Waals surface area contributed by atoms with Crippen molar-refractivity contribution >= 4 is 12.1 Å². The van der Waals surface area contributed by atoms with Crippen LogP contribution in [-0.4, -0.2) is 35.2 Å². The topological polar surface area (TPSA) is 66.8 Å². The van der Waals surface area contributed by atoms with Gasteiger partial charge in [-0.2, -0.15) is 0 Å². The van der Waals surface area contributed by atoms with Crippen LogP contribution in [-0.2, 0) is 4.79 Å². The van der Waals surface area contributed by atoms with Crippen LogP contribution in [0.25, 0.3) is 0 Å². The Kier molecular flexibility index (Phi) is 4.39. The van der Waals surface area contributed by atoms with Crippen molar-refractivity contribution in [2.75, 3.05) is 13.1 Å². The summed E-state index contributed by atoms with van der Waals surface area (Å²) in [4.78, 5) is 24.1. The Hall–Kier alpha value is -2.04. The van der Waals surface area contributed by atoms with E-state index in [2.05, 4.69) is 0 Å². The lowest BCUT2D eigenvalue weighted by Crippen LogP contribution is -2.40. The standard InChI is InChI=1S/C14H17NO4/c16-13(17)10-11-6-8-15(9-7-11)14(18)19-12-4-2-1-3-5-12/h1-5,11H,6-10H2,(H,16,17). The SMILES string of the molecule is O=C(O)CC1CCN(C(=O)Oc2ccccc2)CC1. The van der Waals surface area contributed by atoms with Crippen LogP contribution in [0.1, 0.15) is 19.3 Å². The van der Waals surface area contributed by atoms with Gasteiger partial charge < -0.3 is 14.7 Å². The molecule has 0 saturated carbocycles. The van der Waals surface area contributed by atoms with Crippen LogP contribution in [0, 0.1) is 5.92 Å². The van der Waals surface area contributed by atoms with Crippen LogP contribution in [0.2, 0.25) is 0 Å². The Balaban J connectivity index is 1.81. The summed E-state index contributed by atoms with van der Waals surface area (Å²) in [6.45, 7) is 1.12. The van der Waals surface area contributed by atoms with E-state index in [0.29, 0.717) is 18.8 Å². The maximum atomic E-state index is 11.9. The lowest BCUT2D eigenvalue weighted by molar-refractivity contribution is -0.138. The molecule has 1 aliphatic rings. The van der Waals surface area contributed by atoms with Crippen LogP contribution < -0.4 is 4.74 Å². The predicted octanol–water partition coefficient (Wildman–Crippen LogP) is 2.37. The number of hydrogen-bond donors (Lipinski definition) is 1. The predicted molar refractivity (Wildman–Crippen MR) is 69.0 cm³/mol. The third-order valence-corrected chi connectivity index (χ3v) is 3.28. The van der Waals surface area contributed by atoms with E-state index in [1.165, 1.54) is 0 Å². The highest BCUT2D eigenvalue weighted by Gasteiger charge is 2.25. The third kappa shape index (κ3) is 3.98. The second-order valence-electron chi connectivity index (χ2n) is 4.71. The zero-order valence-corrected chi connectivity index (χ0v) is 10.6. The van der Waals surface area contributed by atoms with Crippen molar-refractivity contribution in [1.82, 2.24) is 4.90 Å². The minimum absolute atomic E-state index is 0.165. The fraction of sp³-hybridized carbons (Fsp3) is 0.429. The summed E-state index contributed by atoms with van der Waals surface area (Å²) in [5.41, 5.74) is 0. The number of carboxylic acid groups (broad SMARTS) is 1. The quantitative estimate of drug-likeness (QED) is 0.909. The van der Waals surface area contributed by atoms with Gasteiger partial charge in [0, 0.05) is 19.5 Å². The van der Waals surface area contributed by atoms with Gasteiger partial charge in [-0.15, -0.1) is 0 Å². The smallest absolute Gasteiger partial charge is 0.415 e. The summed E-state index contributed by atoms with van der Waals surface area (Å²) < 4.78 is 5.24. The number of benzene rings is 1. The number of hydrogen-bond acceptors (Lipinski definition) is 3. The summed E-state index contributed by atoms with van der Waals surface area (Å²) >= 11 is 0. The molecule has 19 heavy (non-hydrogen) atoms. The first-order valence-electron chi connectivity index (χ1n) is 6.39. The molecule has 1 heterocycles. The molecule has 1 fully saturated rings. The molecule has 0 radical (unpaired) electrons. The van der Waals surface area contributed by atoms with Crippen LogP contribution in [0.15, 0.2) is 30.3 Å². The number of ether oxygens (including phenoxy) is 1. The molecule has 0 atom stereocenters. The number of rotatable bonds is 3. The van der Waals surface area contributed by atoms with Crippen molar-refractivity contribution in [3.05, 3.63) is 30.3 Å². The van der Waals surface area contributed by atoms with Gasteiger partial charge in [0.1, 0.15) is 5.75 Å². The van der Waals surface area contributed by atoms with E-state index < -0.39 is 5.97 Å². The lowest BCUT2D eigenvalue weighted by Gasteiger charge is -2.30. The molecule has 1 aliphatic heterocycles. The number of carbonyl (C=O) groups is 2. The first-order chi connectivity index (χ1) is 9.15. The molecule has 1 saturated heterocycles. The van der Waals surface area contributed by atoms with Crippen LogP contribution in [0.5, 0.6) is 5.75 Å². The Morgan fingerprint density at radius 2 is 1.84 bits per heavy atom. The van der Waals surface area contributed by atoms with Crippen LogP contribution in [0.4, 0.5) is 4.79 Å². The number of para-hydroxylation sites is 1. The highest BCUT2D eigenvalue weighted by Crippen LogP contribution is 2.21. The Labute approximate surface area is 111 Å². The van der Waals surface area contributed by atoms with Gasteiger partial charge in [-0.25, -0.2) is 4.79 Å². The molecule has 0 unspecified atom stereocenters. The van der Waals surface area contributed by atoms with Crippen LogP contribution >= 0.6 is 0 Å². The fourth-order valence-electron chi connectivity index (χ4n) is 2.22. The maximum Gasteiger partial charge on any atom is 0.415 e. The zero-order chi connectivity index (χ0) is 13.7. The van der Waals surface area contributed by atoms with E-state index in [0.717, 1.165) is 12.8 Å². The normalized spacial score (nSPS) is 16.1. The van der Waals surface area contributed by atoms with Crippen molar-refractivity contribution in [2.24, 2.45) is 5.92 Å². The fourth-order valence-corrected chi connectivity index (χ4v) is 2.22. The van der Waals surface area contributed by atoms with Crippen molar-refractivity contribution in [3.8, 4) is 5.75 Å². The molecule has 1 amide bonds. The average Bonchev–Trinajstić information content (AvgIpc) is 2.40. The first kappa shape index (κ1) is 13.4. The van der Waals surface area contributed by atoms with Crippen molar-refractivity contribution in [3.63, 3.8) is 0 Å². The second-order valence-corrected chi connectivity index (χ2v) is 4.71. The summed E-state index contributed by atoms with van der Waals surface area (Å²) in [7, 11) is 0. The maximum absolute atomic E-state index is 11.9. The van der Waals surface area contributed by atoms with Gasteiger partial charge in [-0.1, -0.05) is 18.2 Å². The second kappa shape index (κ2) is 6.22. The average molecular weight is 263 g/mol. The van der Waals surface area contributed by atoms with Crippen molar-refractivity contribution in [1.29, 1.82) is 0 Å². The van der Waals surface area contributed by atoms with Gasteiger partial charge in [0.15, 0.2) is 0 Å². The van der Waals surface area contributed by atoms with E-state index in [1.807, 2.05) is 18.2 Å². The van der Waals surface area contributed by atoms with E-state index in [4.69, 9.17) is 9.84 Å². The monoisotopic (exact) mass is 263 g/mol. The van der Waals surface area contributed by atoms with Gasteiger partial charge in [0.05, 0.1) is 0 Å². The number of piperidine rings is 1. The molecule has 1 aromatic rings. The zero-order valence-electron chi connectivity index (χ0n) is 10.6. The van der Waals surface area contributed by atoms with Crippen LogP contribution in [0.3, 0.4) is 0 Å². The molecule has 0 aromatic heterocycles. The third-order valence-electron chi connectivity index (χ3n) is 3.28. The molecule has 1 N–H and O–H groups in total. The molecule has 0 aliphatic carbocycles. The largest absolute Gasteiger partial charge is 0.481 e. The lowest BCUT2D eigenvalue weighted by atomic mass is 9.94. The van der Waals surface area contributed by atoms with Gasteiger partial charge in [-0.3, -0.25) is 4.79 Å². The molecule has 5 nitrogen and oxygen atoms in total. The molecular formula is C14H17NO4. The van der Waals surface area contributed by atoms with E-state index >= 15 is 0 Å². The Morgan fingerprint density at radius 3 is 2.42 bits per heavy atom. The van der Waals surface area contributed by atoms with E-state index in [9.17, 15) is 9.59 Å². The molecule has 0 spiro atoms. The summed E-state index contributed by atoms with van der Waals surface area (Å²) in [5, 5.41) is 8.73. The minimum atomic E-state index is -0.773.